The Labute approximate surface area is 69.4 Å². The third-order valence-electron chi connectivity index (χ3n) is 1.59. The summed E-state index contributed by atoms with van der Waals surface area (Å²) in [6, 6.07) is 0.282. The van der Waals surface area contributed by atoms with Crippen molar-refractivity contribution in [3.05, 3.63) is 0 Å². The summed E-state index contributed by atoms with van der Waals surface area (Å²) in [5.74, 6) is 0. The van der Waals surface area contributed by atoms with E-state index in [0.717, 1.165) is 5.13 Å². The lowest BCUT2D eigenvalue weighted by Gasteiger charge is -2.21. The molecule has 0 spiro atoms. The molecule has 1 unspecified atom stereocenters. The van der Waals surface area contributed by atoms with Crippen molar-refractivity contribution in [2.45, 2.75) is 13.0 Å². The second-order valence-corrected chi connectivity index (χ2v) is 3.05. The van der Waals surface area contributed by atoms with Crippen molar-refractivity contribution >= 4 is 16.7 Å². The van der Waals surface area contributed by atoms with Crippen LogP contribution in [0, 0.1) is 0 Å². The molecule has 0 aliphatic rings. The molecule has 5 nitrogen and oxygen atoms in total. The fourth-order valence-electron chi connectivity index (χ4n) is 0.611. The van der Waals surface area contributed by atoms with Gasteiger partial charge in [-0.05, 0) is 12.1 Å². The van der Waals surface area contributed by atoms with E-state index in [4.69, 9.17) is 5.73 Å². The highest BCUT2D eigenvalue weighted by molar-refractivity contribution is 7.09. The molecule has 11 heavy (non-hydrogen) atoms. The van der Waals surface area contributed by atoms with Crippen LogP contribution in [-0.2, 0) is 0 Å². The summed E-state index contributed by atoms with van der Waals surface area (Å²) in [6.07, 6.45) is 0. The molecule has 0 aliphatic heterocycles. The molecule has 0 radical (unpaired) electrons. The number of rotatable bonds is 3. The normalized spacial score (nSPS) is 13.0. The van der Waals surface area contributed by atoms with Gasteiger partial charge in [-0.1, -0.05) is 9.59 Å². The maximum absolute atomic E-state index is 5.47. The van der Waals surface area contributed by atoms with E-state index in [2.05, 4.69) is 14.8 Å². The fraction of sp³-hybridized carbons (Fsp3) is 0.800. The van der Waals surface area contributed by atoms with Gasteiger partial charge in [0.15, 0.2) is 0 Å². The number of aromatic nitrogens is 3. The third kappa shape index (κ3) is 1.84. The fourth-order valence-corrected chi connectivity index (χ4v) is 1.14. The molecule has 1 heterocycles. The van der Waals surface area contributed by atoms with Crippen LogP contribution in [0.2, 0.25) is 0 Å². The van der Waals surface area contributed by atoms with Gasteiger partial charge in [0.05, 0.1) is 0 Å². The maximum atomic E-state index is 5.47. The van der Waals surface area contributed by atoms with Gasteiger partial charge < -0.3 is 10.6 Å². The predicted molar refractivity (Wildman–Crippen MR) is 44.6 cm³/mol. The second-order valence-electron chi connectivity index (χ2n) is 2.34. The summed E-state index contributed by atoms with van der Waals surface area (Å²) in [7, 11) is 1.93. The zero-order valence-electron chi connectivity index (χ0n) is 6.56. The Kier molecular flexibility index (Phi) is 2.72. The number of likely N-dealkylation sites (N-methyl/N-ethyl adjacent to an activating group) is 1. The molecule has 6 heteroatoms. The Morgan fingerprint density at radius 2 is 2.45 bits per heavy atom. The smallest absolute Gasteiger partial charge is 0.227 e. The van der Waals surface area contributed by atoms with Crippen LogP contribution in [0.4, 0.5) is 5.13 Å². The van der Waals surface area contributed by atoms with Crippen molar-refractivity contribution in [2.24, 2.45) is 5.73 Å². The Morgan fingerprint density at radius 3 is 2.91 bits per heavy atom. The van der Waals surface area contributed by atoms with E-state index in [1.807, 2.05) is 18.9 Å². The topological polar surface area (TPSA) is 67.9 Å². The lowest BCUT2D eigenvalue weighted by Crippen LogP contribution is -2.35. The van der Waals surface area contributed by atoms with E-state index < -0.39 is 0 Å². The van der Waals surface area contributed by atoms with Gasteiger partial charge >= 0.3 is 0 Å². The molecule has 0 saturated carbocycles. The highest BCUT2D eigenvalue weighted by Crippen LogP contribution is 2.12. The molecule has 62 valence electrons. The van der Waals surface area contributed by atoms with Gasteiger partial charge in [-0.2, -0.15) is 0 Å². The van der Waals surface area contributed by atoms with Crippen LogP contribution >= 0.6 is 11.5 Å². The van der Waals surface area contributed by atoms with E-state index in [1.54, 1.807) is 0 Å². The number of hydrogen-bond acceptors (Lipinski definition) is 6. The van der Waals surface area contributed by atoms with Gasteiger partial charge in [-0.25, -0.2) is 0 Å². The standard InChI is InChI=1S/C5H11N5S/c1-4(3-6)10(2)5-7-8-9-11-5/h4H,3,6H2,1-2H3. The van der Waals surface area contributed by atoms with Gasteiger partial charge in [-0.3, -0.25) is 0 Å². The van der Waals surface area contributed by atoms with Crippen molar-refractivity contribution < 1.29 is 0 Å². The van der Waals surface area contributed by atoms with Gasteiger partial charge in [-0.15, -0.1) is 0 Å². The minimum Gasteiger partial charge on any atom is -0.345 e. The summed E-state index contributed by atoms with van der Waals surface area (Å²) >= 11 is 1.27. The number of anilines is 1. The molecule has 1 atom stereocenters. The van der Waals surface area contributed by atoms with E-state index in [1.165, 1.54) is 11.5 Å². The minimum absolute atomic E-state index is 0.282. The molecule has 0 fully saturated rings. The van der Waals surface area contributed by atoms with Gasteiger partial charge in [0, 0.05) is 31.2 Å². The number of nitrogens with two attached hydrogens (primary N) is 1. The molecule has 1 aromatic heterocycles. The molecule has 2 N–H and O–H groups in total. The van der Waals surface area contributed by atoms with Gasteiger partial charge in [0.2, 0.25) is 5.13 Å². The average molecular weight is 173 g/mol. The summed E-state index contributed by atoms with van der Waals surface area (Å²) in [6.45, 7) is 2.64. The van der Waals surface area contributed by atoms with E-state index in [9.17, 15) is 0 Å². The summed E-state index contributed by atoms with van der Waals surface area (Å²) in [5.41, 5.74) is 5.47. The Bertz CT molecular complexity index is 199. The lowest BCUT2D eigenvalue weighted by molar-refractivity contribution is 0.689. The van der Waals surface area contributed by atoms with E-state index in [-0.39, 0.29) is 6.04 Å². The molecule has 0 aromatic carbocycles. The molecule has 1 aromatic rings. The first-order valence-electron chi connectivity index (χ1n) is 3.33. The molecule has 0 amide bonds. The Balaban J connectivity index is 2.62. The van der Waals surface area contributed by atoms with Crippen molar-refractivity contribution in [2.75, 3.05) is 18.5 Å². The molecule has 0 aliphatic carbocycles. The minimum atomic E-state index is 0.282. The number of hydrogen-bond donors (Lipinski definition) is 1. The second kappa shape index (κ2) is 3.59. The van der Waals surface area contributed by atoms with Crippen molar-refractivity contribution in [3.8, 4) is 0 Å². The monoisotopic (exact) mass is 173 g/mol. The first-order chi connectivity index (χ1) is 5.25. The highest BCUT2D eigenvalue weighted by atomic mass is 32.1. The molecular weight excluding hydrogens is 162 g/mol. The van der Waals surface area contributed by atoms with Gasteiger partial charge in [0.25, 0.3) is 0 Å². The van der Waals surface area contributed by atoms with Gasteiger partial charge in [0.1, 0.15) is 0 Å². The summed E-state index contributed by atoms with van der Waals surface area (Å²) in [5, 5.41) is 8.12. The Hall–Kier alpha value is -0.750. The third-order valence-corrected chi connectivity index (χ3v) is 2.28. The SMILES string of the molecule is CC(CN)N(C)c1nnns1. The number of nitrogens with zero attached hydrogens (tertiary/aromatic N) is 4. The summed E-state index contributed by atoms with van der Waals surface area (Å²) in [4.78, 5) is 1.96. The zero-order chi connectivity index (χ0) is 8.27. The summed E-state index contributed by atoms with van der Waals surface area (Å²) < 4.78 is 3.66. The molecule has 0 bridgehead atoms. The molecule has 0 saturated heterocycles. The first-order valence-corrected chi connectivity index (χ1v) is 4.11. The van der Waals surface area contributed by atoms with Crippen LogP contribution in [0.25, 0.3) is 0 Å². The first kappa shape index (κ1) is 8.35. The lowest BCUT2D eigenvalue weighted by atomic mass is 10.3. The van der Waals surface area contributed by atoms with Crippen molar-refractivity contribution in [1.82, 2.24) is 14.8 Å². The maximum Gasteiger partial charge on any atom is 0.227 e. The van der Waals surface area contributed by atoms with Crippen LogP contribution in [0.1, 0.15) is 6.92 Å². The van der Waals surface area contributed by atoms with E-state index >= 15 is 0 Å². The van der Waals surface area contributed by atoms with Crippen molar-refractivity contribution in [1.29, 1.82) is 0 Å². The largest absolute Gasteiger partial charge is 0.345 e. The molecular formula is C5H11N5S. The highest BCUT2D eigenvalue weighted by Gasteiger charge is 2.10. The van der Waals surface area contributed by atoms with E-state index in [0.29, 0.717) is 6.54 Å². The van der Waals surface area contributed by atoms with Crippen LogP contribution in [0.5, 0.6) is 0 Å². The van der Waals surface area contributed by atoms with Crippen LogP contribution in [0.3, 0.4) is 0 Å². The van der Waals surface area contributed by atoms with Crippen LogP contribution < -0.4 is 10.6 Å². The van der Waals surface area contributed by atoms with Crippen LogP contribution in [0.15, 0.2) is 0 Å². The van der Waals surface area contributed by atoms with Crippen molar-refractivity contribution in [3.63, 3.8) is 0 Å². The van der Waals surface area contributed by atoms with Crippen LogP contribution in [-0.4, -0.2) is 34.4 Å². The molecule has 1 rings (SSSR count). The zero-order valence-corrected chi connectivity index (χ0v) is 7.38. The average Bonchev–Trinajstić information content (AvgIpc) is 2.53. The predicted octanol–water partition coefficient (Wildman–Crippen LogP) is -0.284. The Morgan fingerprint density at radius 1 is 1.73 bits per heavy atom. The quantitative estimate of drug-likeness (QED) is 0.680.